The standard InChI is InChI=1S/C36H70/c1-3-5-7-9-11-13-15-17-19-21-23-25-27-29-31-33-35-36-34-32-30-28-26-24-22-20-18-16-14-12-10-8-6-4-2/h17,19,24,26H,3-16,18,20-23,25,27-36H2,1-2H3. The van der Waals surface area contributed by atoms with Crippen molar-refractivity contribution in [1.29, 1.82) is 0 Å². The second-order valence-corrected chi connectivity index (χ2v) is 11.6. The molecule has 0 unspecified atom stereocenters. The van der Waals surface area contributed by atoms with E-state index in [1.807, 2.05) is 0 Å². The SMILES string of the molecule is CCCCCCCCC=CCCCCCCCCCCCCCC=CCCCCCCCCCCC. The monoisotopic (exact) mass is 503 g/mol. The molecule has 0 amide bonds. The summed E-state index contributed by atoms with van der Waals surface area (Å²) >= 11 is 0. The van der Waals surface area contributed by atoms with E-state index in [-0.39, 0.29) is 0 Å². The summed E-state index contributed by atoms with van der Waals surface area (Å²) in [6.45, 7) is 4.60. The summed E-state index contributed by atoms with van der Waals surface area (Å²) < 4.78 is 0. The fourth-order valence-electron chi connectivity index (χ4n) is 5.20. The molecule has 0 rings (SSSR count). The van der Waals surface area contributed by atoms with Crippen molar-refractivity contribution in [1.82, 2.24) is 0 Å². The minimum absolute atomic E-state index is 1.31. The van der Waals surface area contributed by atoms with Crippen LogP contribution in [-0.2, 0) is 0 Å². The zero-order valence-electron chi connectivity index (χ0n) is 25.5. The third kappa shape index (κ3) is 33.5. The zero-order chi connectivity index (χ0) is 26.0. The van der Waals surface area contributed by atoms with Gasteiger partial charge in [-0.25, -0.2) is 0 Å². The third-order valence-corrected chi connectivity index (χ3v) is 7.77. The Hall–Kier alpha value is -0.520. The van der Waals surface area contributed by atoms with E-state index >= 15 is 0 Å². The lowest BCUT2D eigenvalue weighted by Crippen LogP contribution is -1.82. The van der Waals surface area contributed by atoms with E-state index in [4.69, 9.17) is 0 Å². The Kier molecular flexibility index (Phi) is 34.0. The van der Waals surface area contributed by atoms with E-state index in [0.717, 1.165) is 0 Å². The minimum Gasteiger partial charge on any atom is -0.0885 e. The highest BCUT2D eigenvalue weighted by atomic mass is 14.0. The molecule has 0 N–H and O–H groups in total. The Morgan fingerprint density at radius 3 is 0.583 bits per heavy atom. The first-order chi connectivity index (χ1) is 17.9. The Morgan fingerprint density at radius 2 is 0.389 bits per heavy atom. The van der Waals surface area contributed by atoms with Gasteiger partial charge in [0.1, 0.15) is 0 Å². The molecule has 0 nitrogen and oxygen atoms in total. The maximum atomic E-state index is 2.45. The molecule has 0 saturated carbocycles. The maximum Gasteiger partial charge on any atom is -0.0351 e. The largest absolute Gasteiger partial charge is 0.0885 e. The Morgan fingerprint density at radius 1 is 0.222 bits per heavy atom. The van der Waals surface area contributed by atoms with Crippen molar-refractivity contribution in [3.05, 3.63) is 24.3 Å². The van der Waals surface area contributed by atoms with Gasteiger partial charge >= 0.3 is 0 Å². The molecule has 0 fully saturated rings. The van der Waals surface area contributed by atoms with Crippen LogP contribution in [0, 0.1) is 0 Å². The van der Waals surface area contributed by atoms with E-state index in [1.165, 1.54) is 193 Å². The topological polar surface area (TPSA) is 0 Å². The second kappa shape index (κ2) is 34.5. The van der Waals surface area contributed by atoms with E-state index in [2.05, 4.69) is 38.2 Å². The number of rotatable bonds is 31. The van der Waals surface area contributed by atoms with Gasteiger partial charge in [-0.3, -0.25) is 0 Å². The van der Waals surface area contributed by atoms with Gasteiger partial charge in [-0.05, 0) is 51.4 Å². The smallest absolute Gasteiger partial charge is 0.0351 e. The van der Waals surface area contributed by atoms with Crippen LogP contribution in [0.3, 0.4) is 0 Å². The van der Waals surface area contributed by atoms with Gasteiger partial charge in [0.15, 0.2) is 0 Å². The van der Waals surface area contributed by atoms with Crippen molar-refractivity contribution in [2.24, 2.45) is 0 Å². The van der Waals surface area contributed by atoms with E-state index in [0.29, 0.717) is 0 Å². The molecule has 0 aliphatic rings. The average molecular weight is 503 g/mol. The molecular formula is C36H70. The summed E-state index contributed by atoms with van der Waals surface area (Å²) in [6.07, 6.45) is 52.4. The first-order valence-corrected chi connectivity index (χ1v) is 17.2. The molecule has 0 heteroatoms. The molecule has 0 aromatic heterocycles. The molecule has 0 aromatic carbocycles. The number of allylic oxidation sites excluding steroid dienone is 4. The quantitative estimate of drug-likeness (QED) is 0.0653. The summed E-state index contributed by atoms with van der Waals surface area (Å²) in [5, 5.41) is 0. The zero-order valence-corrected chi connectivity index (χ0v) is 25.5. The van der Waals surface area contributed by atoms with Gasteiger partial charge in [-0.1, -0.05) is 179 Å². The summed E-state index contributed by atoms with van der Waals surface area (Å²) in [5.74, 6) is 0. The van der Waals surface area contributed by atoms with Crippen molar-refractivity contribution in [2.75, 3.05) is 0 Å². The minimum atomic E-state index is 1.31. The van der Waals surface area contributed by atoms with Crippen LogP contribution >= 0.6 is 0 Å². The third-order valence-electron chi connectivity index (χ3n) is 7.77. The summed E-state index contributed by atoms with van der Waals surface area (Å²) in [4.78, 5) is 0. The van der Waals surface area contributed by atoms with E-state index < -0.39 is 0 Å². The van der Waals surface area contributed by atoms with Crippen LogP contribution in [0.1, 0.15) is 206 Å². The first-order valence-electron chi connectivity index (χ1n) is 17.2. The van der Waals surface area contributed by atoms with Crippen molar-refractivity contribution in [3.8, 4) is 0 Å². The highest BCUT2D eigenvalue weighted by Gasteiger charge is 1.94. The van der Waals surface area contributed by atoms with Crippen LogP contribution in [-0.4, -0.2) is 0 Å². The molecule has 0 spiro atoms. The van der Waals surface area contributed by atoms with Gasteiger partial charge in [-0.2, -0.15) is 0 Å². The van der Waals surface area contributed by atoms with Gasteiger partial charge in [0.2, 0.25) is 0 Å². The van der Waals surface area contributed by atoms with Crippen molar-refractivity contribution >= 4 is 0 Å². The van der Waals surface area contributed by atoms with Crippen molar-refractivity contribution < 1.29 is 0 Å². The molecule has 0 aromatic rings. The summed E-state index contributed by atoms with van der Waals surface area (Å²) in [6, 6.07) is 0. The molecule has 0 aliphatic heterocycles. The predicted octanol–water partition coefficient (Wildman–Crippen LogP) is 13.8. The van der Waals surface area contributed by atoms with Crippen molar-refractivity contribution in [3.63, 3.8) is 0 Å². The molecule has 0 heterocycles. The van der Waals surface area contributed by atoms with Crippen LogP contribution in [0.4, 0.5) is 0 Å². The molecule has 0 saturated heterocycles. The van der Waals surface area contributed by atoms with Gasteiger partial charge < -0.3 is 0 Å². The molecule has 0 bridgehead atoms. The fourth-order valence-corrected chi connectivity index (χ4v) is 5.20. The fraction of sp³-hybridized carbons (Fsp3) is 0.889. The van der Waals surface area contributed by atoms with Crippen LogP contribution in [0.2, 0.25) is 0 Å². The highest BCUT2D eigenvalue weighted by Crippen LogP contribution is 2.14. The lowest BCUT2D eigenvalue weighted by atomic mass is 10.0. The Labute approximate surface area is 230 Å². The highest BCUT2D eigenvalue weighted by molar-refractivity contribution is 4.82. The van der Waals surface area contributed by atoms with Gasteiger partial charge in [-0.15, -0.1) is 0 Å². The second-order valence-electron chi connectivity index (χ2n) is 11.6. The van der Waals surface area contributed by atoms with Gasteiger partial charge in [0, 0.05) is 0 Å². The molecule has 0 radical (unpaired) electrons. The molecular weight excluding hydrogens is 432 g/mol. The lowest BCUT2D eigenvalue weighted by molar-refractivity contribution is 0.547. The van der Waals surface area contributed by atoms with Crippen LogP contribution in [0.15, 0.2) is 24.3 Å². The Balaban J connectivity index is 3.11. The van der Waals surface area contributed by atoms with Crippen molar-refractivity contribution in [2.45, 2.75) is 206 Å². The lowest BCUT2D eigenvalue weighted by Gasteiger charge is -2.02. The first kappa shape index (κ1) is 35.5. The number of hydrogen-bond acceptors (Lipinski definition) is 0. The maximum absolute atomic E-state index is 2.45. The number of hydrogen-bond donors (Lipinski definition) is 0. The van der Waals surface area contributed by atoms with Crippen LogP contribution in [0.5, 0.6) is 0 Å². The van der Waals surface area contributed by atoms with E-state index in [9.17, 15) is 0 Å². The van der Waals surface area contributed by atoms with Crippen LogP contribution in [0.25, 0.3) is 0 Å². The molecule has 0 aliphatic carbocycles. The predicted molar refractivity (Wildman–Crippen MR) is 168 cm³/mol. The van der Waals surface area contributed by atoms with Gasteiger partial charge in [0.05, 0.1) is 0 Å². The molecule has 36 heavy (non-hydrogen) atoms. The average Bonchev–Trinajstić information content (AvgIpc) is 2.89. The molecule has 214 valence electrons. The number of unbranched alkanes of at least 4 members (excludes halogenated alkanes) is 27. The Bertz CT molecular complexity index is 418. The molecule has 0 atom stereocenters. The summed E-state index contributed by atoms with van der Waals surface area (Å²) in [5.41, 5.74) is 0. The normalized spacial score (nSPS) is 11.9. The van der Waals surface area contributed by atoms with Gasteiger partial charge in [0.25, 0.3) is 0 Å². The summed E-state index contributed by atoms with van der Waals surface area (Å²) in [7, 11) is 0. The van der Waals surface area contributed by atoms with E-state index in [1.54, 1.807) is 0 Å². The van der Waals surface area contributed by atoms with Crippen LogP contribution < -0.4 is 0 Å².